The van der Waals surface area contributed by atoms with Gasteiger partial charge in [0, 0.05) is 23.6 Å². The number of halogens is 3. The monoisotopic (exact) mass is 392 g/mol. The molecule has 2 aromatic carbocycles. The number of rotatable bonds is 5. The highest BCUT2D eigenvalue weighted by atomic mass is 19.4. The zero-order valence-electron chi connectivity index (χ0n) is 15.4. The van der Waals surface area contributed by atoms with Gasteiger partial charge in [0.1, 0.15) is 17.2 Å². The molecule has 0 spiro atoms. The molecule has 0 amide bonds. The lowest BCUT2D eigenvalue weighted by Crippen LogP contribution is -2.33. The molecule has 0 N–H and O–H groups in total. The first-order chi connectivity index (χ1) is 13.3. The van der Waals surface area contributed by atoms with Crippen LogP contribution in [0.5, 0.6) is 17.2 Å². The molecule has 28 heavy (non-hydrogen) atoms. The van der Waals surface area contributed by atoms with E-state index in [1.54, 1.807) is 6.07 Å². The predicted octanol–water partition coefficient (Wildman–Crippen LogP) is 4.97. The molecule has 0 saturated heterocycles. The fraction of sp³-hybridized carbons (Fsp3) is 0.286. The van der Waals surface area contributed by atoms with Gasteiger partial charge in [-0.25, -0.2) is 0 Å². The Morgan fingerprint density at radius 1 is 1.18 bits per heavy atom. The number of allylic oxidation sites excluding steroid dienone is 1. The molecule has 148 valence electrons. The van der Waals surface area contributed by atoms with Crippen LogP contribution in [-0.4, -0.2) is 20.2 Å². The summed E-state index contributed by atoms with van der Waals surface area (Å²) in [6.07, 6.45) is -2.92. The number of hydrogen-bond acceptors (Lipinski definition) is 4. The third kappa shape index (κ3) is 3.44. The lowest BCUT2D eigenvalue weighted by Gasteiger charge is -2.34. The summed E-state index contributed by atoms with van der Waals surface area (Å²) in [7, 11) is 2.84. The fourth-order valence-electron chi connectivity index (χ4n) is 3.59. The van der Waals surface area contributed by atoms with Gasteiger partial charge in [-0.1, -0.05) is 24.3 Å². The number of alkyl halides is 3. The molecule has 3 rings (SSSR count). The first-order valence-electron chi connectivity index (χ1n) is 8.56. The maximum absolute atomic E-state index is 13.7. The molecule has 0 aliphatic carbocycles. The summed E-state index contributed by atoms with van der Waals surface area (Å²) in [5, 5.41) is 0. The van der Waals surface area contributed by atoms with Gasteiger partial charge < -0.3 is 14.2 Å². The van der Waals surface area contributed by atoms with Gasteiger partial charge in [0.25, 0.3) is 0 Å². The molecule has 0 unspecified atom stereocenters. The SMILES string of the molecule is C=CC[C@@H]1C(=O)Oc2cc(OC)cc(OC)c2[C@@H]1c1ccccc1C(F)(F)F. The molecular formula is C21H19F3O4. The van der Waals surface area contributed by atoms with Crippen molar-refractivity contribution >= 4 is 5.97 Å². The van der Waals surface area contributed by atoms with Gasteiger partial charge in [-0.15, -0.1) is 6.58 Å². The Kier molecular flexibility index (Phi) is 5.36. The summed E-state index contributed by atoms with van der Waals surface area (Å²) < 4.78 is 57.1. The van der Waals surface area contributed by atoms with Gasteiger partial charge >= 0.3 is 12.1 Å². The lowest BCUT2D eigenvalue weighted by atomic mass is 9.75. The van der Waals surface area contributed by atoms with Crippen molar-refractivity contribution in [2.24, 2.45) is 5.92 Å². The van der Waals surface area contributed by atoms with E-state index in [-0.39, 0.29) is 23.5 Å². The van der Waals surface area contributed by atoms with Gasteiger partial charge in [0.05, 0.1) is 25.7 Å². The topological polar surface area (TPSA) is 44.8 Å². The number of esters is 1. The second-order valence-corrected chi connectivity index (χ2v) is 6.36. The zero-order valence-corrected chi connectivity index (χ0v) is 15.4. The highest BCUT2D eigenvalue weighted by Gasteiger charge is 2.44. The van der Waals surface area contributed by atoms with Crippen LogP contribution in [0, 0.1) is 5.92 Å². The van der Waals surface area contributed by atoms with E-state index in [9.17, 15) is 18.0 Å². The first-order valence-corrected chi connectivity index (χ1v) is 8.56. The van der Waals surface area contributed by atoms with E-state index in [0.717, 1.165) is 6.07 Å². The Labute approximate surface area is 160 Å². The summed E-state index contributed by atoms with van der Waals surface area (Å²) in [5.74, 6) is -1.61. The minimum absolute atomic E-state index is 0.0109. The summed E-state index contributed by atoms with van der Waals surface area (Å²) >= 11 is 0. The van der Waals surface area contributed by atoms with Crippen LogP contribution < -0.4 is 14.2 Å². The van der Waals surface area contributed by atoms with Crippen LogP contribution in [0.4, 0.5) is 13.2 Å². The fourth-order valence-corrected chi connectivity index (χ4v) is 3.59. The van der Waals surface area contributed by atoms with Crippen molar-refractivity contribution in [3.05, 3.63) is 65.7 Å². The highest BCUT2D eigenvalue weighted by molar-refractivity contribution is 5.82. The summed E-state index contributed by atoms with van der Waals surface area (Å²) in [6.45, 7) is 3.63. The third-order valence-electron chi connectivity index (χ3n) is 4.78. The Bertz CT molecular complexity index is 905. The number of fused-ring (bicyclic) bond motifs is 1. The van der Waals surface area contributed by atoms with Crippen molar-refractivity contribution in [1.82, 2.24) is 0 Å². The molecule has 1 aliphatic rings. The quantitative estimate of drug-likeness (QED) is 0.410. The molecule has 0 radical (unpaired) electrons. The largest absolute Gasteiger partial charge is 0.496 e. The van der Waals surface area contributed by atoms with Crippen LogP contribution in [0.2, 0.25) is 0 Å². The minimum atomic E-state index is -4.57. The molecule has 1 aliphatic heterocycles. The van der Waals surface area contributed by atoms with E-state index < -0.39 is 29.5 Å². The molecule has 1 heterocycles. The van der Waals surface area contributed by atoms with E-state index in [4.69, 9.17) is 14.2 Å². The van der Waals surface area contributed by atoms with Crippen molar-refractivity contribution in [1.29, 1.82) is 0 Å². The van der Waals surface area contributed by atoms with Crippen LogP contribution in [0.15, 0.2) is 49.1 Å². The van der Waals surface area contributed by atoms with Crippen molar-refractivity contribution in [3.8, 4) is 17.2 Å². The Morgan fingerprint density at radius 3 is 2.50 bits per heavy atom. The van der Waals surface area contributed by atoms with Crippen LogP contribution in [-0.2, 0) is 11.0 Å². The minimum Gasteiger partial charge on any atom is -0.496 e. The molecule has 7 heteroatoms. The van der Waals surface area contributed by atoms with Gasteiger partial charge in [-0.3, -0.25) is 4.79 Å². The smallest absolute Gasteiger partial charge is 0.416 e. The van der Waals surface area contributed by atoms with Gasteiger partial charge in [-0.2, -0.15) is 13.2 Å². The molecule has 0 bridgehead atoms. The number of carbonyl (C=O) groups is 1. The molecule has 0 saturated carbocycles. The molecule has 0 aromatic heterocycles. The predicted molar refractivity (Wildman–Crippen MR) is 96.8 cm³/mol. The van der Waals surface area contributed by atoms with Crippen molar-refractivity contribution < 1.29 is 32.2 Å². The van der Waals surface area contributed by atoms with Gasteiger partial charge in [-0.05, 0) is 18.1 Å². The third-order valence-corrected chi connectivity index (χ3v) is 4.78. The molecule has 0 fully saturated rings. The van der Waals surface area contributed by atoms with Gasteiger partial charge in [0.2, 0.25) is 0 Å². The van der Waals surface area contributed by atoms with E-state index in [1.807, 2.05) is 0 Å². The zero-order chi connectivity index (χ0) is 20.5. The van der Waals surface area contributed by atoms with Crippen molar-refractivity contribution in [2.75, 3.05) is 14.2 Å². The van der Waals surface area contributed by atoms with E-state index in [1.165, 1.54) is 44.6 Å². The lowest BCUT2D eigenvalue weighted by molar-refractivity contribution is -0.143. The Hall–Kier alpha value is -2.96. The number of benzene rings is 2. The van der Waals surface area contributed by atoms with E-state index in [0.29, 0.717) is 11.3 Å². The van der Waals surface area contributed by atoms with Crippen LogP contribution in [0.3, 0.4) is 0 Å². The summed E-state index contributed by atoms with van der Waals surface area (Å²) in [6, 6.07) is 8.27. The normalized spacial score (nSPS) is 18.8. The standard InChI is InChI=1S/C21H19F3O4/c1-4-7-14-18(13-8-5-6-9-15(13)21(22,23)24)19-16(27-3)10-12(26-2)11-17(19)28-20(14)25/h4-6,8-11,14,18H,1,7H2,2-3H3/t14-,18+/m0/s1. The van der Waals surface area contributed by atoms with Crippen molar-refractivity contribution in [3.63, 3.8) is 0 Å². The Balaban J connectivity index is 2.32. The number of carbonyl (C=O) groups excluding carboxylic acids is 1. The van der Waals surface area contributed by atoms with Crippen LogP contribution in [0.1, 0.15) is 29.0 Å². The number of ether oxygens (including phenoxy) is 3. The second kappa shape index (κ2) is 7.58. The van der Waals surface area contributed by atoms with Crippen molar-refractivity contribution in [2.45, 2.75) is 18.5 Å². The maximum atomic E-state index is 13.7. The molecule has 4 nitrogen and oxygen atoms in total. The number of hydrogen-bond donors (Lipinski definition) is 0. The summed E-state index contributed by atoms with van der Waals surface area (Å²) in [4.78, 5) is 12.7. The van der Waals surface area contributed by atoms with E-state index in [2.05, 4.69) is 6.58 Å². The van der Waals surface area contributed by atoms with Crippen LogP contribution in [0.25, 0.3) is 0 Å². The molecule has 2 aromatic rings. The first kappa shape index (κ1) is 19.8. The van der Waals surface area contributed by atoms with Crippen LogP contribution >= 0.6 is 0 Å². The van der Waals surface area contributed by atoms with E-state index >= 15 is 0 Å². The molecule has 2 atom stereocenters. The Morgan fingerprint density at radius 2 is 1.89 bits per heavy atom. The average molecular weight is 392 g/mol. The second-order valence-electron chi connectivity index (χ2n) is 6.36. The maximum Gasteiger partial charge on any atom is 0.416 e. The highest BCUT2D eigenvalue weighted by Crippen LogP contribution is 2.51. The summed E-state index contributed by atoms with van der Waals surface area (Å²) in [5.41, 5.74) is -0.428. The van der Waals surface area contributed by atoms with Gasteiger partial charge in [0.15, 0.2) is 0 Å². The average Bonchev–Trinajstić information content (AvgIpc) is 2.67. The molecular weight excluding hydrogens is 373 g/mol. The number of methoxy groups -OCH3 is 2.